The van der Waals surface area contributed by atoms with Crippen molar-refractivity contribution in [2.75, 3.05) is 0 Å². The monoisotopic (exact) mass is 346 g/mol. The molecule has 0 aromatic carbocycles. The number of carbonyl (C=O) groups is 1. The van der Waals surface area contributed by atoms with Gasteiger partial charge in [-0.05, 0) is 42.6 Å². The summed E-state index contributed by atoms with van der Waals surface area (Å²) in [7, 11) is 0. The van der Waals surface area contributed by atoms with Crippen LogP contribution < -0.4 is 0 Å². The lowest BCUT2D eigenvalue weighted by Gasteiger charge is -1.98. The Morgan fingerprint density at radius 3 is 2.50 bits per heavy atom. The van der Waals surface area contributed by atoms with Crippen LogP contribution in [0.15, 0.2) is 53.9 Å². The maximum absolute atomic E-state index is 11.3. The van der Waals surface area contributed by atoms with E-state index >= 15 is 0 Å². The average molecular weight is 346 g/mol. The summed E-state index contributed by atoms with van der Waals surface area (Å²) in [6, 6.07) is 12.6. The fraction of sp³-hybridized carbons (Fsp3) is 0.118. The molecule has 0 aliphatic heterocycles. The molecule has 0 atom stereocenters. The van der Waals surface area contributed by atoms with Gasteiger partial charge < -0.3 is 4.74 Å². The number of rotatable bonds is 5. The Kier molecular flexibility index (Phi) is 4.87. The minimum atomic E-state index is -0.298. The Bertz CT molecular complexity index is 779. The molecule has 0 bridgehead atoms. The summed E-state index contributed by atoms with van der Waals surface area (Å²) in [6.07, 6.45) is 3.11. The van der Waals surface area contributed by atoms with Crippen molar-refractivity contribution in [2.45, 2.75) is 13.5 Å². The first-order chi connectivity index (χ1) is 10.8. The first-order valence-electron chi connectivity index (χ1n) is 6.78. The fourth-order valence-electron chi connectivity index (χ4n) is 1.94. The molecule has 0 saturated heterocycles. The van der Waals surface area contributed by atoms with Crippen LogP contribution >= 0.6 is 34.0 Å². The Labute approximate surface area is 141 Å². The van der Waals surface area contributed by atoms with Gasteiger partial charge in [-0.1, -0.05) is 12.1 Å². The van der Waals surface area contributed by atoms with Gasteiger partial charge in [-0.25, -0.2) is 4.79 Å². The first kappa shape index (κ1) is 15.2. The number of carbonyl (C=O) groups excluding carboxylic acids is 1. The third-order valence-electron chi connectivity index (χ3n) is 2.93. The largest absolute Gasteiger partial charge is 0.457 e. The van der Waals surface area contributed by atoms with Gasteiger partial charge in [0.1, 0.15) is 6.61 Å². The number of allylic oxidation sites excluding steroid dienone is 1. The molecule has 2 nitrogen and oxygen atoms in total. The molecule has 0 spiro atoms. The molecule has 0 amide bonds. The van der Waals surface area contributed by atoms with Crippen LogP contribution in [-0.2, 0) is 16.1 Å². The van der Waals surface area contributed by atoms with Crippen molar-refractivity contribution >= 4 is 40.0 Å². The van der Waals surface area contributed by atoms with Crippen LogP contribution in [0.1, 0.15) is 11.8 Å². The molecule has 0 saturated carbocycles. The van der Waals surface area contributed by atoms with Crippen molar-refractivity contribution in [3.63, 3.8) is 0 Å². The molecular formula is C17H14O2S3. The summed E-state index contributed by atoms with van der Waals surface area (Å²) in [5.41, 5.74) is 0. The van der Waals surface area contributed by atoms with Crippen molar-refractivity contribution in [3.05, 3.63) is 58.8 Å². The molecule has 5 heteroatoms. The van der Waals surface area contributed by atoms with Crippen LogP contribution in [-0.4, -0.2) is 5.97 Å². The van der Waals surface area contributed by atoms with Crippen LogP contribution in [0.5, 0.6) is 0 Å². The molecule has 0 radical (unpaired) electrons. The van der Waals surface area contributed by atoms with E-state index in [4.69, 9.17) is 4.74 Å². The van der Waals surface area contributed by atoms with Gasteiger partial charge in [0.25, 0.3) is 0 Å². The Morgan fingerprint density at radius 1 is 1.05 bits per heavy atom. The van der Waals surface area contributed by atoms with Gasteiger partial charge in [-0.2, -0.15) is 0 Å². The smallest absolute Gasteiger partial charge is 0.330 e. The normalized spacial score (nSPS) is 11.1. The summed E-state index contributed by atoms with van der Waals surface area (Å²) in [5, 5.41) is 2.09. The highest BCUT2D eigenvalue weighted by Crippen LogP contribution is 2.39. The summed E-state index contributed by atoms with van der Waals surface area (Å²) in [4.78, 5) is 17.4. The summed E-state index contributed by atoms with van der Waals surface area (Å²) in [6.45, 7) is 2.13. The van der Waals surface area contributed by atoms with E-state index in [1.54, 1.807) is 47.0 Å². The number of ether oxygens (including phenoxy) is 1. The van der Waals surface area contributed by atoms with Gasteiger partial charge in [0.05, 0.1) is 0 Å². The molecule has 0 aliphatic rings. The third-order valence-corrected chi connectivity index (χ3v) is 6.34. The molecule has 0 N–H and O–H groups in total. The predicted molar refractivity (Wildman–Crippen MR) is 95.6 cm³/mol. The zero-order valence-electron chi connectivity index (χ0n) is 11.9. The molecule has 3 aromatic rings. The predicted octanol–water partition coefficient (Wildman–Crippen LogP) is 5.82. The van der Waals surface area contributed by atoms with Crippen molar-refractivity contribution in [1.82, 2.24) is 0 Å². The summed E-state index contributed by atoms with van der Waals surface area (Å²) in [5.74, 6) is -0.298. The topological polar surface area (TPSA) is 26.3 Å². The lowest BCUT2D eigenvalue weighted by molar-refractivity contribution is -0.138. The zero-order valence-corrected chi connectivity index (χ0v) is 14.4. The molecule has 3 aromatic heterocycles. The minimum Gasteiger partial charge on any atom is -0.457 e. The van der Waals surface area contributed by atoms with Crippen molar-refractivity contribution in [2.24, 2.45) is 0 Å². The Morgan fingerprint density at radius 2 is 1.77 bits per heavy atom. The van der Waals surface area contributed by atoms with Crippen LogP contribution in [0.4, 0.5) is 0 Å². The van der Waals surface area contributed by atoms with E-state index < -0.39 is 0 Å². The molecule has 22 heavy (non-hydrogen) atoms. The van der Waals surface area contributed by atoms with Crippen LogP contribution in [0.2, 0.25) is 0 Å². The molecular weight excluding hydrogens is 332 g/mol. The van der Waals surface area contributed by atoms with Crippen molar-refractivity contribution in [1.29, 1.82) is 0 Å². The second-order valence-corrected chi connectivity index (χ2v) is 7.71. The van der Waals surface area contributed by atoms with E-state index in [1.165, 1.54) is 25.6 Å². The van der Waals surface area contributed by atoms with Gasteiger partial charge in [0.15, 0.2) is 0 Å². The lowest BCUT2D eigenvalue weighted by atomic mass is 10.3. The number of thiophene rings is 3. The average Bonchev–Trinajstić information content (AvgIpc) is 3.24. The third kappa shape index (κ3) is 3.55. The second-order valence-electron chi connectivity index (χ2n) is 4.51. The van der Waals surface area contributed by atoms with Gasteiger partial charge in [0, 0.05) is 30.5 Å². The van der Waals surface area contributed by atoms with E-state index in [2.05, 4.69) is 35.7 Å². The molecule has 0 fully saturated rings. The SMILES string of the molecule is C/C=C/C(=O)OCc1ccc(-c2ccc(-c3cccs3)s2)s1. The molecule has 3 heterocycles. The number of esters is 1. The zero-order chi connectivity index (χ0) is 15.4. The highest BCUT2D eigenvalue weighted by atomic mass is 32.1. The summed E-state index contributed by atoms with van der Waals surface area (Å²) >= 11 is 5.22. The van der Waals surface area contributed by atoms with Gasteiger partial charge in [0.2, 0.25) is 0 Å². The highest BCUT2D eigenvalue weighted by molar-refractivity contribution is 7.26. The van der Waals surface area contributed by atoms with Gasteiger partial charge in [-0.15, -0.1) is 34.0 Å². The number of hydrogen-bond donors (Lipinski definition) is 0. The lowest BCUT2D eigenvalue weighted by Crippen LogP contribution is -1.98. The fourth-order valence-corrected chi connectivity index (χ4v) is 4.79. The standard InChI is InChI=1S/C17H14O2S3/c1-2-4-17(18)19-11-12-6-7-15(21-12)16-9-8-14(22-16)13-5-3-10-20-13/h2-10H,11H2,1H3/b4-2+. The Balaban J connectivity index is 1.70. The Hall–Kier alpha value is -1.69. The quantitative estimate of drug-likeness (QED) is 0.429. The molecule has 3 rings (SSSR count). The molecule has 0 unspecified atom stereocenters. The van der Waals surface area contributed by atoms with Gasteiger partial charge in [-0.3, -0.25) is 0 Å². The molecule has 0 aliphatic carbocycles. The maximum atomic E-state index is 11.3. The van der Waals surface area contributed by atoms with Crippen LogP contribution in [0.3, 0.4) is 0 Å². The summed E-state index contributed by atoms with van der Waals surface area (Å²) < 4.78 is 5.17. The number of hydrogen-bond acceptors (Lipinski definition) is 5. The second kappa shape index (κ2) is 7.05. The maximum Gasteiger partial charge on any atom is 0.330 e. The molecule has 112 valence electrons. The highest BCUT2D eigenvalue weighted by Gasteiger charge is 2.09. The van der Waals surface area contributed by atoms with E-state index in [1.807, 2.05) is 6.07 Å². The van der Waals surface area contributed by atoms with Crippen LogP contribution in [0.25, 0.3) is 19.5 Å². The van der Waals surface area contributed by atoms with E-state index in [-0.39, 0.29) is 5.97 Å². The minimum absolute atomic E-state index is 0.298. The van der Waals surface area contributed by atoms with E-state index in [0.717, 1.165) is 4.88 Å². The van der Waals surface area contributed by atoms with Gasteiger partial charge >= 0.3 is 5.97 Å². The first-order valence-corrected chi connectivity index (χ1v) is 9.30. The van der Waals surface area contributed by atoms with Crippen LogP contribution in [0, 0.1) is 0 Å². The van der Waals surface area contributed by atoms with E-state index in [9.17, 15) is 4.79 Å². The van der Waals surface area contributed by atoms with Crippen molar-refractivity contribution < 1.29 is 9.53 Å². The van der Waals surface area contributed by atoms with Crippen molar-refractivity contribution in [3.8, 4) is 19.5 Å². The van der Waals surface area contributed by atoms with E-state index in [0.29, 0.717) is 6.61 Å².